The van der Waals surface area contributed by atoms with Crippen molar-refractivity contribution in [2.75, 3.05) is 0 Å². The third kappa shape index (κ3) is 9.49. The van der Waals surface area contributed by atoms with Gasteiger partial charge in [-0.1, -0.05) is 32.5 Å². The van der Waals surface area contributed by atoms with Gasteiger partial charge in [0.05, 0.1) is 0 Å². The summed E-state index contributed by atoms with van der Waals surface area (Å²) in [5, 5.41) is 0. The summed E-state index contributed by atoms with van der Waals surface area (Å²) in [4.78, 5) is 0. The molecule has 0 N–H and O–H groups in total. The largest absolute Gasteiger partial charge is 1.00 e. The monoisotopic (exact) mass is 178 g/mol. The molecule has 0 amide bonds. The first-order chi connectivity index (χ1) is 3.95. The predicted molar refractivity (Wildman–Crippen MR) is 33.3 cm³/mol. The minimum absolute atomic E-state index is 0. The summed E-state index contributed by atoms with van der Waals surface area (Å²) in [7, 11) is 0. The fourth-order valence-corrected chi connectivity index (χ4v) is 0.623. The molecule has 0 fully saturated rings. The molecule has 0 aromatic rings. The van der Waals surface area contributed by atoms with Gasteiger partial charge >= 0.3 is 58.4 Å². The predicted octanol–water partition coefficient (Wildman–Crippen LogP) is -0.116. The van der Waals surface area contributed by atoms with Crippen LogP contribution in [0.25, 0.3) is 0 Å². The van der Waals surface area contributed by atoms with Crippen LogP contribution < -0.4 is 51.4 Å². The normalized spacial score (nSPS) is 14.1. The summed E-state index contributed by atoms with van der Waals surface area (Å²) in [5.41, 5.74) is 0. The van der Waals surface area contributed by atoms with E-state index >= 15 is 0 Å². The molecule has 0 aromatic heterocycles. The van der Waals surface area contributed by atoms with E-state index in [1.807, 2.05) is 0 Å². The number of hydrogen-bond acceptors (Lipinski definition) is 0. The topological polar surface area (TPSA) is 0 Å². The molecule has 0 rings (SSSR count). The Bertz CT molecular complexity index is 83.5. The van der Waals surface area contributed by atoms with Crippen LogP contribution in [0.2, 0.25) is 6.32 Å². The molecule has 10 heavy (non-hydrogen) atoms. The van der Waals surface area contributed by atoms with Crippen LogP contribution in [0.15, 0.2) is 0 Å². The molecule has 0 saturated carbocycles. The van der Waals surface area contributed by atoms with Crippen LogP contribution in [-0.2, 0) is 0 Å². The van der Waals surface area contributed by atoms with Crippen LogP contribution in [0.3, 0.4) is 0 Å². The third-order valence-electron chi connectivity index (χ3n) is 1.37. The molecule has 0 aliphatic carbocycles. The molecule has 1 unspecified atom stereocenters. The first-order valence-corrected chi connectivity index (χ1v) is 3.16. The van der Waals surface area contributed by atoms with Gasteiger partial charge in [0.15, 0.2) is 0 Å². The van der Waals surface area contributed by atoms with Gasteiger partial charge < -0.3 is 12.9 Å². The molecule has 0 aliphatic rings. The van der Waals surface area contributed by atoms with E-state index in [1.165, 1.54) is 0 Å². The van der Waals surface area contributed by atoms with Gasteiger partial charge in [0, 0.05) is 0 Å². The number of hydrogen-bond donors (Lipinski definition) is 0. The van der Waals surface area contributed by atoms with Crippen molar-refractivity contribution in [3.8, 4) is 0 Å². The van der Waals surface area contributed by atoms with E-state index in [0.717, 1.165) is 0 Å². The minimum atomic E-state index is -4.55. The van der Waals surface area contributed by atoms with Crippen LogP contribution in [0.4, 0.5) is 12.9 Å². The quantitative estimate of drug-likeness (QED) is 0.528. The molecule has 0 aromatic carbocycles. The third-order valence-corrected chi connectivity index (χ3v) is 1.37. The van der Waals surface area contributed by atoms with Gasteiger partial charge in [-0.3, -0.25) is 0 Å². The number of rotatable bonds is 3. The maximum atomic E-state index is 11.6. The Morgan fingerprint density at radius 1 is 1.30 bits per heavy atom. The van der Waals surface area contributed by atoms with E-state index in [1.54, 1.807) is 13.8 Å². The summed E-state index contributed by atoms with van der Waals surface area (Å²) in [6.45, 7) is -1.16. The molecule has 0 heterocycles. The zero-order valence-electron chi connectivity index (χ0n) is 6.70. The van der Waals surface area contributed by atoms with E-state index < -0.39 is 13.3 Å². The fourth-order valence-electron chi connectivity index (χ4n) is 0.623. The van der Waals surface area contributed by atoms with Gasteiger partial charge in [-0.15, -0.1) is 0 Å². The fraction of sp³-hybridized carbons (Fsp3) is 1.00. The summed E-state index contributed by atoms with van der Waals surface area (Å²) in [6, 6.07) is 0. The molecule has 56 valence electrons. The van der Waals surface area contributed by atoms with Gasteiger partial charge in [0.2, 0.25) is 0 Å². The minimum Gasteiger partial charge on any atom is -0.449 e. The van der Waals surface area contributed by atoms with Crippen molar-refractivity contribution in [1.82, 2.24) is 0 Å². The summed E-state index contributed by atoms with van der Waals surface area (Å²) in [6.07, 6.45) is 0.0256. The van der Waals surface area contributed by atoms with Crippen molar-refractivity contribution >= 4 is 6.98 Å². The van der Waals surface area contributed by atoms with Gasteiger partial charge in [-0.2, -0.15) is 0 Å². The van der Waals surface area contributed by atoms with E-state index in [-0.39, 0.29) is 57.3 Å². The molecular weight excluding hydrogens is 167 g/mol. The first-order valence-electron chi connectivity index (χ1n) is 3.16. The second-order valence-corrected chi connectivity index (χ2v) is 2.46. The first kappa shape index (κ1) is 14.0. The van der Waals surface area contributed by atoms with Crippen molar-refractivity contribution in [3.05, 3.63) is 0 Å². The van der Waals surface area contributed by atoms with E-state index in [9.17, 15) is 12.9 Å². The van der Waals surface area contributed by atoms with Gasteiger partial charge in [0.25, 0.3) is 0 Å². The Morgan fingerprint density at radius 2 is 1.70 bits per heavy atom. The average molecular weight is 178 g/mol. The second-order valence-electron chi connectivity index (χ2n) is 2.46. The Balaban J connectivity index is 0. The van der Waals surface area contributed by atoms with Crippen molar-refractivity contribution in [2.45, 2.75) is 26.6 Å². The Kier molecular flexibility index (Phi) is 8.50. The molecule has 0 spiro atoms. The number of halogens is 3. The molecule has 0 radical (unpaired) electrons. The van der Waals surface area contributed by atoms with Crippen molar-refractivity contribution in [2.24, 2.45) is 5.92 Å². The zero-order chi connectivity index (χ0) is 7.49. The van der Waals surface area contributed by atoms with Crippen LogP contribution >= 0.6 is 0 Å². The molecule has 1 atom stereocenters. The van der Waals surface area contributed by atoms with Gasteiger partial charge in [-0.05, 0) is 0 Å². The van der Waals surface area contributed by atoms with Crippen LogP contribution in [-0.4, -0.2) is 6.98 Å². The standard InChI is InChI=1S/C5H11BF3.K/c1-3-5(2)4-6(7,8)9;/h5H,3-4H2,1-2H3;/q-1;+1. The second kappa shape index (κ2) is 6.06. The summed E-state index contributed by atoms with van der Waals surface area (Å²) in [5.74, 6) is -0.204. The Labute approximate surface area is 102 Å². The molecule has 0 bridgehead atoms. The van der Waals surface area contributed by atoms with E-state index in [0.29, 0.717) is 6.42 Å². The molecule has 0 nitrogen and oxygen atoms in total. The van der Waals surface area contributed by atoms with Crippen molar-refractivity contribution < 1.29 is 64.3 Å². The molecule has 5 heteroatoms. The molecule has 0 aliphatic heterocycles. The summed E-state index contributed by atoms with van der Waals surface area (Å²) >= 11 is 0. The van der Waals surface area contributed by atoms with Crippen molar-refractivity contribution in [3.63, 3.8) is 0 Å². The van der Waals surface area contributed by atoms with Gasteiger partial charge in [-0.25, -0.2) is 0 Å². The van der Waals surface area contributed by atoms with E-state index in [2.05, 4.69) is 0 Å². The molecular formula is C5H11BF3K. The average Bonchev–Trinajstić information content (AvgIpc) is 1.62. The van der Waals surface area contributed by atoms with Crippen molar-refractivity contribution in [1.29, 1.82) is 0 Å². The maximum Gasteiger partial charge on any atom is 1.00 e. The van der Waals surface area contributed by atoms with E-state index in [4.69, 9.17) is 0 Å². The maximum absolute atomic E-state index is 11.6. The Morgan fingerprint density at radius 3 is 1.80 bits per heavy atom. The van der Waals surface area contributed by atoms with Crippen LogP contribution in [0, 0.1) is 5.92 Å². The van der Waals surface area contributed by atoms with Gasteiger partial charge in [0.1, 0.15) is 0 Å². The van der Waals surface area contributed by atoms with Crippen LogP contribution in [0.1, 0.15) is 20.3 Å². The zero-order valence-corrected chi connectivity index (χ0v) is 9.83. The summed E-state index contributed by atoms with van der Waals surface area (Å²) < 4.78 is 34.7. The smallest absolute Gasteiger partial charge is 0.449 e. The SMILES string of the molecule is CCC(C)C[B-](F)(F)F.[K+]. The molecule has 0 saturated heterocycles. The van der Waals surface area contributed by atoms with Crippen LogP contribution in [0.5, 0.6) is 0 Å². The Hall–Kier alpha value is 1.49.